The van der Waals surface area contributed by atoms with E-state index in [1.54, 1.807) is 6.92 Å². The van der Waals surface area contributed by atoms with Crippen molar-refractivity contribution in [3.63, 3.8) is 0 Å². The molecule has 0 aromatic carbocycles. The van der Waals surface area contributed by atoms with E-state index in [1.807, 2.05) is 0 Å². The van der Waals surface area contributed by atoms with Crippen LogP contribution in [0.2, 0.25) is 6.32 Å². The molecule has 2 heterocycles. The second-order valence-corrected chi connectivity index (χ2v) is 10.2. The maximum absolute atomic E-state index is 13.5. The Hall–Kier alpha value is -0.795. The predicted octanol–water partition coefficient (Wildman–Crippen LogP) is -3.00. The Balaban J connectivity index is 2.22. The topological polar surface area (TPSA) is 188 Å². The normalized spacial score (nSPS) is 27.7. The first-order valence-electron chi connectivity index (χ1n) is 10.2. The average molecular weight is 434 g/mol. The summed E-state index contributed by atoms with van der Waals surface area (Å²) >= 11 is 0. The molecule has 0 radical (unpaired) electrons. The summed E-state index contributed by atoms with van der Waals surface area (Å²) in [5, 5.41) is 21.2. The quantitative estimate of drug-likeness (QED) is 0.206. The first-order valence-corrected chi connectivity index (χ1v) is 11.5. The maximum atomic E-state index is 13.5. The Bertz CT molecular complexity index is 658. The molecular weight excluding hydrogens is 399 g/mol. The Morgan fingerprint density at radius 1 is 1.38 bits per heavy atom. The van der Waals surface area contributed by atoms with Crippen molar-refractivity contribution in [1.29, 1.82) is 0 Å². The van der Waals surface area contributed by atoms with Gasteiger partial charge in [-0.25, -0.2) is 4.31 Å². The summed E-state index contributed by atoms with van der Waals surface area (Å²) in [4.78, 5) is 12.9. The minimum absolute atomic E-state index is 0.0777. The zero-order valence-electron chi connectivity index (χ0n) is 17.0. The molecule has 0 bridgehead atoms. The monoisotopic (exact) mass is 434 g/mol. The number of carbonyl (C=O) groups is 1. The third-order valence-corrected chi connectivity index (χ3v) is 7.80. The van der Waals surface area contributed by atoms with Gasteiger partial charge in [-0.2, -0.15) is 12.7 Å². The molecule has 0 aromatic heterocycles. The lowest BCUT2D eigenvalue weighted by atomic mass is 9.79. The van der Waals surface area contributed by atoms with Crippen LogP contribution in [0.1, 0.15) is 32.6 Å². The van der Waals surface area contributed by atoms with Crippen molar-refractivity contribution in [2.24, 2.45) is 23.1 Å². The fourth-order valence-electron chi connectivity index (χ4n) is 4.08. The first-order chi connectivity index (χ1) is 13.5. The Morgan fingerprint density at radius 2 is 2.00 bits per heavy atom. The molecule has 11 nitrogen and oxygen atoms in total. The van der Waals surface area contributed by atoms with Gasteiger partial charge in [-0.05, 0) is 51.5 Å². The van der Waals surface area contributed by atoms with Gasteiger partial charge < -0.3 is 32.6 Å². The number of nitrogens with zero attached hydrogens (tertiary/aromatic N) is 2. The van der Waals surface area contributed by atoms with Gasteiger partial charge in [0.05, 0.1) is 12.1 Å². The van der Waals surface area contributed by atoms with Gasteiger partial charge in [-0.3, -0.25) is 4.79 Å². The third-order valence-electron chi connectivity index (χ3n) is 5.89. The molecule has 2 fully saturated rings. The van der Waals surface area contributed by atoms with Gasteiger partial charge in [0.2, 0.25) is 0 Å². The highest BCUT2D eigenvalue weighted by atomic mass is 32.2. The molecule has 2 rings (SSSR count). The van der Waals surface area contributed by atoms with Crippen LogP contribution in [-0.2, 0) is 15.0 Å². The molecule has 2 aliphatic rings. The second-order valence-electron chi connectivity index (χ2n) is 8.37. The van der Waals surface area contributed by atoms with Crippen molar-refractivity contribution in [3.8, 4) is 0 Å². The van der Waals surface area contributed by atoms with Crippen LogP contribution in [-0.4, -0.2) is 90.4 Å². The number of rotatable bonds is 9. The van der Waals surface area contributed by atoms with Crippen molar-refractivity contribution in [2.45, 2.75) is 56.5 Å². The number of hydrogen-bond donors (Lipinski definition) is 6. The lowest BCUT2D eigenvalue weighted by Crippen LogP contribution is -2.59. The van der Waals surface area contributed by atoms with Gasteiger partial charge in [0.15, 0.2) is 0 Å². The van der Waals surface area contributed by atoms with E-state index in [1.165, 1.54) is 4.31 Å². The third kappa shape index (κ3) is 5.88. The number of piperidine rings is 1. The van der Waals surface area contributed by atoms with Crippen LogP contribution in [0, 0.1) is 5.92 Å². The zero-order valence-corrected chi connectivity index (χ0v) is 17.9. The highest BCUT2D eigenvalue weighted by molar-refractivity contribution is 7.87. The molecule has 0 aliphatic carbocycles. The molecule has 0 saturated carbocycles. The molecule has 1 unspecified atom stereocenters. The molecule has 2 aliphatic heterocycles. The predicted molar refractivity (Wildman–Crippen MR) is 111 cm³/mol. The number of hydrogen-bond acceptors (Lipinski definition) is 9. The molecule has 0 spiro atoms. The number of nitrogens with one attached hydrogen (secondary N) is 1. The van der Waals surface area contributed by atoms with E-state index in [0.29, 0.717) is 38.8 Å². The van der Waals surface area contributed by atoms with Crippen LogP contribution in [0.15, 0.2) is 0 Å². The summed E-state index contributed by atoms with van der Waals surface area (Å²) in [5.74, 6) is -0.853. The van der Waals surface area contributed by atoms with Crippen molar-refractivity contribution in [2.75, 3.05) is 32.7 Å². The highest BCUT2D eigenvalue weighted by Gasteiger charge is 2.48. The standard InChI is InChI=1S/C16H35BN6O5S/c1-16(20)11-22(10-12(16)3-2-6-17(25)26)29(27,28)23(15(24)14(19)9-18)13-4-7-21-8-5-13/h12-14,21,25-26H,2-11,18-20H2,1H3/t12-,14?,16-/m0/s1. The van der Waals surface area contributed by atoms with Gasteiger partial charge in [-0.1, -0.05) is 6.42 Å². The van der Waals surface area contributed by atoms with Crippen molar-refractivity contribution >= 4 is 23.2 Å². The Morgan fingerprint density at radius 3 is 2.55 bits per heavy atom. The van der Waals surface area contributed by atoms with Gasteiger partial charge >= 0.3 is 17.3 Å². The summed E-state index contributed by atoms with van der Waals surface area (Å²) in [7, 11) is -5.52. The SMILES string of the molecule is C[C@]1(N)CN(S(=O)(=O)N(C(=O)C(N)CN)C2CCNCC2)C[C@@H]1CCCB(O)O. The summed E-state index contributed by atoms with van der Waals surface area (Å²) in [5.41, 5.74) is 16.9. The van der Waals surface area contributed by atoms with E-state index in [2.05, 4.69) is 5.32 Å². The summed E-state index contributed by atoms with van der Waals surface area (Å²) in [6, 6.07) is -1.56. The minimum Gasteiger partial charge on any atom is -0.427 e. The van der Waals surface area contributed by atoms with Gasteiger partial charge in [-0.15, -0.1) is 0 Å². The van der Waals surface area contributed by atoms with Crippen LogP contribution in [0.25, 0.3) is 0 Å². The fraction of sp³-hybridized carbons (Fsp3) is 0.938. The van der Waals surface area contributed by atoms with E-state index in [0.717, 1.165) is 4.31 Å². The molecule has 1 amide bonds. The van der Waals surface area contributed by atoms with Crippen molar-refractivity contribution < 1.29 is 23.3 Å². The van der Waals surface area contributed by atoms with Crippen LogP contribution in [0.5, 0.6) is 0 Å². The number of amides is 1. The Kier molecular flexibility index (Phi) is 8.45. The van der Waals surface area contributed by atoms with E-state index in [4.69, 9.17) is 27.2 Å². The minimum atomic E-state index is -4.13. The summed E-state index contributed by atoms with van der Waals surface area (Å²) < 4.78 is 29.2. The van der Waals surface area contributed by atoms with Crippen molar-refractivity contribution in [1.82, 2.24) is 13.9 Å². The van der Waals surface area contributed by atoms with E-state index < -0.39 is 40.9 Å². The maximum Gasteiger partial charge on any atom is 0.451 e. The molecule has 168 valence electrons. The Labute approximate surface area is 173 Å². The summed E-state index contributed by atoms with van der Waals surface area (Å²) in [6.45, 7) is 3.12. The van der Waals surface area contributed by atoms with Gasteiger partial charge in [0, 0.05) is 25.2 Å². The number of carbonyl (C=O) groups excluding carboxylic acids is 1. The molecule has 2 saturated heterocycles. The smallest absolute Gasteiger partial charge is 0.427 e. The molecule has 9 N–H and O–H groups in total. The van der Waals surface area contributed by atoms with Crippen LogP contribution >= 0.6 is 0 Å². The molecular formula is C16H35BN6O5S. The van der Waals surface area contributed by atoms with Crippen LogP contribution in [0.4, 0.5) is 0 Å². The zero-order chi connectivity index (χ0) is 21.8. The van der Waals surface area contributed by atoms with E-state index in [9.17, 15) is 13.2 Å². The van der Waals surface area contributed by atoms with Gasteiger partial charge in [0.1, 0.15) is 0 Å². The lowest BCUT2D eigenvalue weighted by molar-refractivity contribution is -0.129. The molecule has 29 heavy (non-hydrogen) atoms. The average Bonchev–Trinajstić information content (AvgIpc) is 2.97. The van der Waals surface area contributed by atoms with Crippen LogP contribution in [0.3, 0.4) is 0 Å². The van der Waals surface area contributed by atoms with Crippen LogP contribution < -0.4 is 22.5 Å². The highest BCUT2D eigenvalue weighted by Crippen LogP contribution is 2.33. The number of nitrogens with two attached hydrogens (primary N) is 3. The lowest BCUT2D eigenvalue weighted by Gasteiger charge is -2.37. The molecule has 3 atom stereocenters. The largest absolute Gasteiger partial charge is 0.451 e. The van der Waals surface area contributed by atoms with Gasteiger partial charge in [0.25, 0.3) is 5.91 Å². The van der Waals surface area contributed by atoms with E-state index >= 15 is 0 Å². The fourth-order valence-corrected chi connectivity index (χ4v) is 6.09. The summed E-state index contributed by atoms with van der Waals surface area (Å²) in [6.07, 6.45) is 2.28. The van der Waals surface area contributed by atoms with E-state index in [-0.39, 0.29) is 31.9 Å². The first kappa shape index (κ1) is 24.5. The molecule has 13 heteroatoms. The van der Waals surface area contributed by atoms with Crippen molar-refractivity contribution in [3.05, 3.63) is 0 Å². The second kappa shape index (κ2) is 10.0. The molecule has 0 aromatic rings.